The van der Waals surface area contributed by atoms with Crippen LogP contribution in [0.4, 0.5) is 0 Å². The molecule has 10 heteroatoms. The predicted octanol–water partition coefficient (Wildman–Crippen LogP) is 5.54. The Labute approximate surface area is 281 Å². The van der Waals surface area contributed by atoms with Crippen LogP contribution < -0.4 is 33.8 Å². The molecule has 1 atom stereocenters. The van der Waals surface area contributed by atoms with Crippen LogP contribution in [-0.4, -0.2) is 38.5 Å². The number of esters is 1. The molecule has 244 valence electrons. The summed E-state index contributed by atoms with van der Waals surface area (Å²) in [5.41, 5.74) is 3.49. The molecule has 1 aromatic heterocycles. The number of hydrogen-bond donors (Lipinski definition) is 0. The van der Waals surface area contributed by atoms with Gasteiger partial charge in [0, 0.05) is 5.56 Å². The number of benzene rings is 4. The summed E-state index contributed by atoms with van der Waals surface area (Å²) < 4.78 is 30.3. The molecule has 2 heterocycles. The summed E-state index contributed by atoms with van der Waals surface area (Å²) in [5, 5.41) is 0. The first-order valence-electron chi connectivity index (χ1n) is 15.3. The first kappa shape index (κ1) is 32.3. The Bertz CT molecular complexity index is 2160. The van der Waals surface area contributed by atoms with E-state index in [4.69, 9.17) is 28.7 Å². The number of ether oxygens (including phenoxy) is 5. The Morgan fingerprint density at radius 3 is 2.19 bits per heavy atom. The number of thiazole rings is 1. The molecule has 5 aromatic rings. The fourth-order valence-electron chi connectivity index (χ4n) is 5.56. The number of methoxy groups -OCH3 is 3. The summed E-state index contributed by atoms with van der Waals surface area (Å²) in [6, 6.07) is 29.3. The molecule has 0 bridgehead atoms. The minimum Gasteiger partial charge on any atom is -0.493 e. The lowest BCUT2D eigenvalue weighted by Gasteiger charge is -2.26. The summed E-state index contributed by atoms with van der Waals surface area (Å²) >= 11 is 1.24. The average Bonchev–Trinajstić information content (AvgIpc) is 3.44. The second-order valence-corrected chi connectivity index (χ2v) is 11.7. The van der Waals surface area contributed by atoms with Crippen LogP contribution in [0.15, 0.2) is 112 Å². The number of carbonyl (C=O) groups excluding carboxylic acids is 1. The minimum absolute atomic E-state index is 0.153. The minimum atomic E-state index is -0.860. The van der Waals surface area contributed by atoms with Gasteiger partial charge in [-0.25, -0.2) is 9.79 Å². The molecule has 0 unspecified atom stereocenters. The van der Waals surface area contributed by atoms with Gasteiger partial charge in [-0.3, -0.25) is 9.36 Å². The van der Waals surface area contributed by atoms with Crippen molar-refractivity contribution in [3.8, 4) is 23.0 Å². The molecule has 0 radical (unpaired) electrons. The zero-order valence-corrected chi connectivity index (χ0v) is 27.8. The number of fused-ring (bicyclic) bond motifs is 1. The molecule has 1 aliphatic rings. The van der Waals surface area contributed by atoms with Crippen LogP contribution in [-0.2, 0) is 16.1 Å². The van der Waals surface area contributed by atoms with Gasteiger partial charge in [0.05, 0.1) is 49.8 Å². The molecular weight excluding hydrogens is 628 g/mol. The van der Waals surface area contributed by atoms with Gasteiger partial charge >= 0.3 is 5.97 Å². The van der Waals surface area contributed by atoms with Crippen molar-refractivity contribution in [3.63, 3.8) is 0 Å². The van der Waals surface area contributed by atoms with Crippen LogP contribution in [0, 0.1) is 0 Å². The maximum Gasteiger partial charge on any atom is 0.338 e. The molecule has 9 nitrogen and oxygen atoms in total. The van der Waals surface area contributed by atoms with Crippen LogP contribution in [0.5, 0.6) is 23.0 Å². The van der Waals surface area contributed by atoms with Crippen molar-refractivity contribution in [3.05, 3.63) is 145 Å². The van der Waals surface area contributed by atoms with E-state index in [1.54, 1.807) is 43.9 Å². The van der Waals surface area contributed by atoms with Crippen LogP contribution in [0.25, 0.3) is 11.8 Å². The lowest BCUT2D eigenvalue weighted by molar-refractivity contribution is -0.138. The van der Waals surface area contributed by atoms with Crippen molar-refractivity contribution in [1.29, 1.82) is 0 Å². The monoisotopic (exact) mass is 662 g/mol. The second-order valence-electron chi connectivity index (χ2n) is 10.7. The van der Waals surface area contributed by atoms with E-state index in [1.807, 2.05) is 84.9 Å². The van der Waals surface area contributed by atoms with Crippen molar-refractivity contribution in [2.45, 2.75) is 19.6 Å². The summed E-state index contributed by atoms with van der Waals surface area (Å²) in [5.74, 6) is 1.53. The van der Waals surface area contributed by atoms with Gasteiger partial charge in [0.2, 0.25) is 0 Å². The summed E-state index contributed by atoms with van der Waals surface area (Å²) in [4.78, 5) is 33.4. The van der Waals surface area contributed by atoms with Gasteiger partial charge < -0.3 is 23.7 Å². The third-order valence-corrected chi connectivity index (χ3v) is 8.80. The van der Waals surface area contributed by atoms with E-state index in [-0.39, 0.29) is 17.7 Å². The number of carbonyl (C=O) groups is 1. The number of aromatic nitrogens is 1. The first-order chi connectivity index (χ1) is 23.4. The van der Waals surface area contributed by atoms with E-state index in [0.717, 1.165) is 16.7 Å². The zero-order valence-electron chi connectivity index (χ0n) is 27.0. The van der Waals surface area contributed by atoms with Gasteiger partial charge in [-0.1, -0.05) is 84.1 Å². The lowest BCUT2D eigenvalue weighted by atomic mass is 9.93. The predicted molar refractivity (Wildman–Crippen MR) is 184 cm³/mol. The Balaban J connectivity index is 1.51. The van der Waals surface area contributed by atoms with Crippen molar-refractivity contribution in [2.24, 2.45) is 4.99 Å². The molecule has 0 aliphatic carbocycles. The molecule has 6 rings (SSSR count). The smallest absolute Gasteiger partial charge is 0.338 e. The van der Waals surface area contributed by atoms with Gasteiger partial charge in [-0.15, -0.1) is 0 Å². The molecule has 0 spiro atoms. The van der Waals surface area contributed by atoms with Crippen molar-refractivity contribution in [1.82, 2.24) is 4.57 Å². The van der Waals surface area contributed by atoms with E-state index < -0.39 is 12.0 Å². The molecule has 4 aromatic carbocycles. The Kier molecular flexibility index (Phi) is 9.73. The fraction of sp³-hybridized carbons (Fsp3) is 0.184. The molecule has 0 saturated heterocycles. The number of nitrogens with zero attached hydrogens (tertiary/aromatic N) is 2. The summed E-state index contributed by atoms with van der Waals surface area (Å²) in [6.45, 7) is 2.28. The second kappa shape index (κ2) is 14.4. The first-order valence-corrected chi connectivity index (χ1v) is 16.1. The van der Waals surface area contributed by atoms with Crippen LogP contribution in [0.1, 0.15) is 35.2 Å². The number of hydrogen-bond acceptors (Lipinski definition) is 9. The van der Waals surface area contributed by atoms with E-state index in [1.165, 1.54) is 18.4 Å². The highest BCUT2D eigenvalue weighted by Crippen LogP contribution is 2.38. The van der Waals surface area contributed by atoms with Crippen molar-refractivity contribution >= 4 is 29.1 Å². The Hall–Kier alpha value is -5.61. The van der Waals surface area contributed by atoms with E-state index in [0.29, 0.717) is 50.2 Å². The molecule has 0 fully saturated rings. The largest absolute Gasteiger partial charge is 0.493 e. The van der Waals surface area contributed by atoms with Crippen molar-refractivity contribution in [2.75, 3.05) is 27.9 Å². The quantitative estimate of drug-likeness (QED) is 0.171. The summed E-state index contributed by atoms with van der Waals surface area (Å²) in [6.07, 6.45) is 1.79. The number of rotatable bonds is 11. The Morgan fingerprint density at radius 2 is 1.50 bits per heavy atom. The summed E-state index contributed by atoms with van der Waals surface area (Å²) in [7, 11) is 4.67. The van der Waals surface area contributed by atoms with E-state index >= 15 is 0 Å². The van der Waals surface area contributed by atoms with Gasteiger partial charge in [0.15, 0.2) is 27.8 Å². The van der Waals surface area contributed by atoms with E-state index in [9.17, 15) is 9.59 Å². The average molecular weight is 663 g/mol. The lowest BCUT2D eigenvalue weighted by Crippen LogP contribution is -2.40. The highest BCUT2D eigenvalue weighted by atomic mass is 32.1. The SMILES string of the molecule is CCOC(=O)C1=C(c2ccccc2)N=c2s/c(=C\c3ccc(OCc4ccccc4)c(OC)c3)c(=O)n2[C@@H]1c1ccc(OC)c(OC)c1. The van der Waals surface area contributed by atoms with Gasteiger partial charge in [-0.2, -0.15) is 0 Å². The maximum absolute atomic E-state index is 14.3. The topological polar surface area (TPSA) is 97.6 Å². The van der Waals surface area contributed by atoms with E-state index in [2.05, 4.69) is 0 Å². The highest BCUT2D eigenvalue weighted by Gasteiger charge is 2.35. The van der Waals surface area contributed by atoms with Crippen molar-refractivity contribution < 1.29 is 28.5 Å². The van der Waals surface area contributed by atoms with Gasteiger partial charge in [0.1, 0.15) is 6.61 Å². The third kappa shape index (κ3) is 6.47. The molecule has 48 heavy (non-hydrogen) atoms. The Morgan fingerprint density at radius 1 is 0.833 bits per heavy atom. The standard InChI is InChI=1S/C38H34N2O7S/c1-5-46-37(42)33-34(26-14-10-7-11-15-26)39-38-40(35(33)27-17-19-28(43-2)31(22-27)45-4)36(41)32(48-38)21-25-16-18-29(30(20-25)44-3)47-23-24-12-8-6-9-13-24/h6-22,35H,5,23H2,1-4H3/b32-21-/t35-/m1/s1. The molecule has 0 N–H and O–H groups in total. The van der Waals surface area contributed by atoms with Crippen LogP contribution in [0.2, 0.25) is 0 Å². The third-order valence-electron chi connectivity index (χ3n) is 7.82. The molecular formula is C38H34N2O7S. The van der Waals surface area contributed by atoms with Gasteiger partial charge in [0.25, 0.3) is 5.56 Å². The molecule has 0 saturated carbocycles. The molecule has 1 aliphatic heterocycles. The normalized spacial score (nSPS) is 14.2. The highest BCUT2D eigenvalue weighted by molar-refractivity contribution is 7.07. The maximum atomic E-state index is 14.3. The zero-order chi connectivity index (χ0) is 33.6. The fourth-order valence-corrected chi connectivity index (χ4v) is 6.56. The molecule has 0 amide bonds. The van der Waals surface area contributed by atoms with Crippen LogP contribution in [0.3, 0.4) is 0 Å². The van der Waals surface area contributed by atoms with Crippen LogP contribution >= 0.6 is 11.3 Å². The van der Waals surface area contributed by atoms with Gasteiger partial charge in [-0.05, 0) is 54.0 Å².